The normalized spacial score (nSPS) is 14.6. The summed E-state index contributed by atoms with van der Waals surface area (Å²) in [5, 5.41) is 13.8. The molecule has 0 unspecified atom stereocenters. The van der Waals surface area contributed by atoms with Gasteiger partial charge in [-0.05, 0) is 37.4 Å². The molecule has 1 saturated heterocycles. The summed E-state index contributed by atoms with van der Waals surface area (Å²) in [5.74, 6) is -0.503. The number of nitro groups is 1. The lowest BCUT2D eigenvalue weighted by Gasteiger charge is -2.34. The number of nitrogens with zero attached hydrogens (tertiary/aromatic N) is 4. The van der Waals surface area contributed by atoms with E-state index >= 15 is 0 Å². The van der Waals surface area contributed by atoms with Crippen molar-refractivity contribution in [1.82, 2.24) is 4.90 Å². The molecule has 178 valence electrons. The van der Waals surface area contributed by atoms with Crippen molar-refractivity contribution >= 4 is 38.7 Å². The highest BCUT2D eigenvalue weighted by Crippen LogP contribution is 2.33. The minimum absolute atomic E-state index is 0.0882. The molecule has 1 amide bonds. The number of likely N-dealkylation sites (N-methyl/N-ethyl adjacent to an activating group) is 1. The first kappa shape index (κ1) is 24.3. The fourth-order valence-corrected chi connectivity index (χ4v) is 4.37. The van der Waals surface area contributed by atoms with E-state index in [9.17, 15) is 23.3 Å². The topological polar surface area (TPSA) is 125 Å². The number of carbonyl (C=O) groups is 1. The first-order valence-corrected chi connectivity index (χ1v) is 12.1. The van der Waals surface area contributed by atoms with Gasteiger partial charge in [0.1, 0.15) is 18.0 Å². The SMILES string of the molecule is COc1ccc([N+](=O)[O-])cc1N(CC(=O)Nc1ccc(N2CCN(C)CC2)cc1)S(C)(=O)=O. The molecule has 1 heterocycles. The van der Waals surface area contributed by atoms with E-state index in [1.807, 2.05) is 12.1 Å². The van der Waals surface area contributed by atoms with Crippen molar-refractivity contribution in [1.29, 1.82) is 0 Å². The zero-order valence-corrected chi connectivity index (χ0v) is 19.5. The number of benzene rings is 2. The van der Waals surface area contributed by atoms with Crippen LogP contribution in [0.5, 0.6) is 5.75 Å². The molecule has 0 atom stereocenters. The van der Waals surface area contributed by atoms with E-state index in [1.54, 1.807) is 12.1 Å². The molecular formula is C21H27N5O6S. The summed E-state index contributed by atoms with van der Waals surface area (Å²) in [5.41, 5.74) is 1.15. The van der Waals surface area contributed by atoms with Crippen LogP contribution in [-0.4, -0.2) is 77.3 Å². The molecule has 12 heteroatoms. The average molecular weight is 478 g/mol. The highest BCUT2D eigenvalue weighted by molar-refractivity contribution is 7.92. The highest BCUT2D eigenvalue weighted by Gasteiger charge is 2.26. The maximum atomic E-state index is 12.7. The fourth-order valence-electron chi connectivity index (χ4n) is 3.52. The zero-order valence-electron chi connectivity index (χ0n) is 18.7. The molecule has 1 aliphatic rings. The Kier molecular flexibility index (Phi) is 7.39. The molecule has 2 aromatic rings. The van der Waals surface area contributed by atoms with Gasteiger partial charge in [-0.1, -0.05) is 0 Å². The van der Waals surface area contributed by atoms with Gasteiger partial charge < -0.3 is 19.9 Å². The number of nitro benzene ring substituents is 1. The first-order chi connectivity index (χ1) is 15.6. The fraction of sp³-hybridized carbons (Fsp3) is 0.381. The van der Waals surface area contributed by atoms with E-state index in [0.717, 1.165) is 48.5 Å². The van der Waals surface area contributed by atoms with E-state index < -0.39 is 27.4 Å². The second-order valence-electron chi connectivity index (χ2n) is 7.77. The minimum Gasteiger partial charge on any atom is -0.495 e. The van der Waals surface area contributed by atoms with E-state index in [2.05, 4.69) is 22.2 Å². The van der Waals surface area contributed by atoms with Crippen molar-refractivity contribution in [2.75, 3.05) is 67.7 Å². The quantitative estimate of drug-likeness (QED) is 0.450. The number of hydrogen-bond acceptors (Lipinski definition) is 8. The molecule has 1 aliphatic heterocycles. The van der Waals surface area contributed by atoms with Crippen molar-refractivity contribution < 1.29 is 22.9 Å². The summed E-state index contributed by atoms with van der Waals surface area (Å²) in [6.07, 6.45) is 0.920. The number of nitrogens with one attached hydrogen (secondary N) is 1. The smallest absolute Gasteiger partial charge is 0.271 e. The number of amides is 1. The summed E-state index contributed by atoms with van der Waals surface area (Å²) < 4.78 is 30.8. The molecule has 1 fully saturated rings. The number of carbonyl (C=O) groups excluding carboxylic acids is 1. The number of methoxy groups -OCH3 is 1. The Labute approximate surface area is 192 Å². The van der Waals surface area contributed by atoms with Gasteiger partial charge in [0.15, 0.2) is 0 Å². The van der Waals surface area contributed by atoms with E-state index in [4.69, 9.17) is 4.74 Å². The first-order valence-electron chi connectivity index (χ1n) is 10.2. The standard InChI is InChI=1S/C21H27N5O6S/c1-23-10-12-24(13-11-23)17-6-4-16(5-7-17)22-21(27)15-25(33(3,30)31)19-14-18(26(28)29)8-9-20(19)32-2/h4-9,14H,10-13,15H2,1-3H3,(H,22,27). The van der Waals surface area contributed by atoms with Crippen LogP contribution in [0.25, 0.3) is 0 Å². The second-order valence-corrected chi connectivity index (χ2v) is 9.68. The number of rotatable bonds is 8. The van der Waals surface area contributed by atoms with Crippen molar-refractivity contribution in [3.63, 3.8) is 0 Å². The van der Waals surface area contributed by atoms with Crippen LogP contribution in [0.15, 0.2) is 42.5 Å². The molecule has 1 N–H and O–H groups in total. The summed E-state index contributed by atoms with van der Waals surface area (Å²) in [6, 6.07) is 10.9. The van der Waals surface area contributed by atoms with Gasteiger partial charge in [-0.15, -0.1) is 0 Å². The highest BCUT2D eigenvalue weighted by atomic mass is 32.2. The Morgan fingerprint density at radius 3 is 2.33 bits per heavy atom. The van der Waals surface area contributed by atoms with Crippen LogP contribution in [0.4, 0.5) is 22.7 Å². The lowest BCUT2D eigenvalue weighted by atomic mass is 10.2. The average Bonchev–Trinajstić information content (AvgIpc) is 2.77. The van der Waals surface area contributed by atoms with Gasteiger partial charge in [0.2, 0.25) is 15.9 Å². The largest absolute Gasteiger partial charge is 0.495 e. The number of ether oxygens (including phenoxy) is 1. The monoisotopic (exact) mass is 477 g/mol. The summed E-state index contributed by atoms with van der Waals surface area (Å²) >= 11 is 0. The Hall–Kier alpha value is -3.38. The zero-order chi connectivity index (χ0) is 24.2. The number of anilines is 3. The van der Waals surface area contributed by atoms with Crippen LogP contribution < -0.4 is 19.3 Å². The van der Waals surface area contributed by atoms with Gasteiger partial charge in [-0.2, -0.15) is 0 Å². The molecule has 11 nitrogen and oxygen atoms in total. The van der Waals surface area contributed by atoms with Crippen LogP contribution in [0.2, 0.25) is 0 Å². The molecule has 33 heavy (non-hydrogen) atoms. The molecule has 2 aromatic carbocycles. The van der Waals surface area contributed by atoms with Crippen molar-refractivity contribution in [3.05, 3.63) is 52.6 Å². The number of sulfonamides is 1. The van der Waals surface area contributed by atoms with E-state index in [-0.39, 0.29) is 17.1 Å². The molecule has 0 aromatic heterocycles. The van der Waals surface area contributed by atoms with Crippen molar-refractivity contribution in [2.45, 2.75) is 0 Å². The summed E-state index contributed by atoms with van der Waals surface area (Å²) in [4.78, 5) is 27.7. The lowest BCUT2D eigenvalue weighted by Crippen LogP contribution is -2.44. The second kappa shape index (κ2) is 10.0. The van der Waals surface area contributed by atoms with Gasteiger partial charge in [0, 0.05) is 49.7 Å². The maximum Gasteiger partial charge on any atom is 0.271 e. The van der Waals surface area contributed by atoms with Crippen LogP contribution in [-0.2, 0) is 14.8 Å². The van der Waals surface area contributed by atoms with E-state index in [0.29, 0.717) is 5.69 Å². The number of piperazine rings is 1. The van der Waals surface area contributed by atoms with Crippen molar-refractivity contribution in [3.8, 4) is 5.75 Å². The third-order valence-electron chi connectivity index (χ3n) is 5.35. The van der Waals surface area contributed by atoms with Crippen LogP contribution >= 0.6 is 0 Å². The molecule has 3 rings (SSSR count). The molecule has 0 spiro atoms. The van der Waals surface area contributed by atoms with E-state index in [1.165, 1.54) is 19.2 Å². The Morgan fingerprint density at radius 1 is 1.15 bits per heavy atom. The van der Waals surface area contributed by atoms with Crippen LogP contribution in [0.1, 0.15) is 0 Å². The maximum absolute atomic E-state index is 12.7. The van der Waals surface area contributed by atoms with Gasteiger partial charge in [0.05, 0.1) is 18.3 Å². The van der Waals surface area contributed by atoms with Gasteiger partial charge in [0.25, 0.3) is 5.69 Å². The third-order valence-corrected chi connectivity index (χ3v) is 6.48. The Balaban J connectivity index is 1.75. The van der Waals surface area contributed by atoms with Gasteiger partial charge in [-0.25, -0.2) is 8.42 Å². The van der Waals surface area contributed by atoms with Crippen molar-refractivity contribution in [2.24, 2.45) is 0 Å². The number of non-ortho nitro benzene ring substituents is 1. The van der Waals surface area contributed by atoms with Gasteiger partial charge >= 0.3 is 0 Å². The van der Waals surface area contributed by atoms with Crippen LogP contribution in [0, 0.1) is 10.1 Å². The summed E-state index contributed by atoms with van der Waals surface area (Å²) in [6.45, 7) is 3.20. The third kappa shape index (κ3) is 6.11. The Bertz CT molecular complexity index is 1110. The molecular weight excluding hydrogens is 450 g/mol. The lowest BCUT2D eigenvalue weighted by molar-refractivity contribution is -0.384. The Morgan fingerprint density at radius 2 is 1.79 bits per heavy atom. The van der Waals surface area contributed by atoms with Crippen LogP contribution in [0.3, 0.4) is 0 Å². The summed E-state index contributed by atoms with van der Waals surface area (Å²) in [7, 11) is -0.552. The van der Waals surface area contributed by atoms with Gasteiger partial charge in [-0.3, -0.25) is 19.2 Å². The predicted octanol–water partition coefficient (Wildman–Crippen LogP) is 1.76. The number of hydrogen-bond donors (Lipinski definition) is 1. The minimum atomic E-state index is -3.95. The molecule has 0 aliphatic carbocycles. The molecule has 0 bridgehead atoms. The predicted molar refractivity (Wildman–Crippen MR) is 127 cm³/mol. The molecule has 0 radical (unpaired) electrons. The molecule has 0 saturated carbocycles.